The van der Waals surface area contributed by atoms with Gasteiger partial charge in [-0.3, -0.25) is 4.99 Å². The Bertz CT molecular complexity index is 949. The third-order valence-corrected chi connectivity index (χ3v) is 8.90. The lowest BCUT2D eigenvalue weighted by Gasteiger charge is -2.31. The van der Waals surface area contributed by atoms with Gasteiger partial charge in [0, 0.05) is 44.6 Å². The van der Waals surface area contributed by atoms with E-state index in [0.717, 1.165) is 43.3 Å². The van der Waals surface area contributed by atoms with Crippen LogP contribution in [-0.2, 0) is 29.4 Å². The first-order valence-electron chi connectivity index (χ1n) is 10.1. The number of benzene rings is 1. The van der Waals surface area contributed by atoms with E-state index in [1.54, 1.807) is 6.07 Å². The third kappa shape index (κ3) is 4.99. The van der Waals surface area contributed by atoms with Gasteiger partial charge in [-0.1, -0.05) is 38.1 Å². The summed E-state index contributed by atoms with van der Waals surface area (Å²) in [6.07, 6.45) is 1.79. The Morgan fingerprint density at radius 2 is 1.90 bits per heavy atom. The quantitative estimate of drug-likeness (QED) is 0.538. The van der Waals surface area contributed by atoms with Crippen LogP contribution in [0.15, 0.2) is 45.6 Å². The molecule has 0 saturated heterocycles. The number of nitrogens with one attached hydrogen (secondary N) is 1. The molecule has 29 heavy (non-hydrogen) atoms. The van der Waals surface area contributed by atoms with E-state index in [-0.39, 0.29) is 0 Å². The molecule has 8 heteroatoms. The molecule has 2 aromatic rings. The molecule has 0 aliphatic carbocycles. The summed E-state index contributed by atoms with van der Waals surface area (Å²) < 4.78 is 27.2. The van der Waals surface area contributed by atoms with Crippen molar-refractivity contribution < 1.29 is 8.42 Å². The highest BCUT2D eigenvalue weighted by molar-refractivity contribution is 7.91. The van der Waals surface area contributed by atoms with Crippen LogP contribution < -0.4 is 5.32 Å². The van der Waals surface area contributed by atoms with Gasteiger partial charge in [-0.05, 0) is 36.1 Å². The van der Waals surface area contributed by atoms with Crippen molar-refractivity contribution in [1.29, 1.82) is 0 Å². The maximum Gasteiger partial charge on any atom is 0.252 e. The smallest absolute Gasteiger partial charge is 0.252 e. The van der Waals surface area contributed by atoms with E-state index in [9.17, 15) is 8.42 Å². The van der Waals surface area contributed by atoms with Crippen LogP contribution in [0.3, 0.4) is 0 Å². The average molecular weight is 435 g/mol. The van der Waals surface area contributed by atoms with E-state index >= 15 is 0 Å². The van der Waals surface area contributed by atoms with Crippen molar-refractivity contribution in [2.75, 3.05) is 33.2 Å². The largest absolute Gasteiger partial charge is 0.356 e. The first-order valence-corrected chi connectivity index (χ1v) is 12.4. The van der Waals surface area contributed by atoms with Gasteiger partial charge in [0.05, 0.1) is 0 Å². The van der Waals surface area contributed by atoms with Crippen molar-refractivity contribution in [3.8, 4) is 0 Å². The van der Waals surface area contributed by atoms with E-state index in [1.807, 2.05) is 27.0 Å². The molecular formula is C21H30N4O2S2. The number of thiophene rings is 1. The Morgan fingerprint density at radius 1 is 1.17 bits per heavy atom. The van der Waals surface area contributed by atoms with Crippen LogP contribution in [0.1, 0.15) is 29.9 Å². The predicted molar refractivity (Wildman–Crippen MR) is 120 cm³/mol. The molecule has 6 nitrogen and oxygen atoms in total. The van der Waals surface area contributed by atoms with E-state index in [4.69, 9.17) is 0 Å². The Labute approximate surface area is 178 Å². The molecule has 158 valence electrons. The fraction of sp³-hybridized carbons (Fsp3) is 0.476. The van der Waals surface area contributed by atoms with Gasteiger partial charge in [0.2, 0.25) is 0 Å². The van der Waals surface area contributed by atoms with Gasteiger partial charge in [-0.15, -0.1) is 11.3 Å². The second-order valence-electron chi connectivity index (χ2n) is 6.97. The first kappa shape index (κ1) is 21.8. The summed E-state index contributed by atoms with van der Waals surface area (Å²) in [5.74, 6) is 0.895. The average Bonchev–Trinajstić information content (AvgIpc) is 3.21. The van der Waals surface area contributed by atoms with E-state index in [2.05, 4.69) is 39.5 Å². The molecule has 3 rings (SSSR count). The molecule has 1 N–H and O–H groups in total. The Kier molecular flexibility index (Phi) is 7.32. The van der Waals surface area contributed by atoms with Crippen LogP contribution in [0.4, 0.5) is 0 Å². The molecule has 0 atom stereocenters. The fourth-order valence-corrected chi connectivity index (χ4v) is 6.60. The second kappa shape index (κ2) is 9.73. The minimum absolute atomic E-state index is 0.424. The van der Waals surface area contributed by atoms with Gasteiger partial charge in [0.15, 0.2) is 5.96 Å². The lowest BCUT2D eigenvalue weighted by Crippen LogP contribution is -2.44. The van der Waals surface area contributed by atoms with Gasteiger partial charge in [0.25, 0.3) is 10.0 Å². The molecule has 0 amide bonds. The van der Waals surface area contributed by atoms with Crippen LogP contribution in [0.25, 0.3) is 0 Å². The van der Waals surface area contributed by atoms with E-state index in [1.165, 1.54) is 26.8 Å². The number of sulfonamides is 1. The minimum Gasteiger partial charge on any atom is -0.356 e. The third-order valence-electron chi connectivity index (χ3n) is 5.23. The lowest BCUT2D eigenvalue weighted by atomic mass is 10.0. The predicted octanol–water partition coefficient (Wildman–Crippen LogP) is 2.95. The molecule has 2 heterocycles. The van der Waals surface area contributed by atoms with Crippen molar-refractivity contribution in [3.63, 3.8) is 0 Å². The molecule has 0 spiro atoms. The Hall–Kier alpha value is -1.90. The monoisotopic (exact) mass is 434 g/mol. The van der Waals surface area contributed by atoms with Gasteiger partial charge >= 0.3 is 0 Å². The van der Waals surface area contributed by atoms with Gasteiger partial charge in [0.1, 0.15) is 4.21 Å². The molecule has 0 saturated carbocycles. The minimum atomic E-state index is -3.37. The summed E-state index contributed by atoms with van der Waals surface area (Å²) in [4.78, 5) is 7.77. The molecule has 1 aliphatic heterocycles. The summed E-state index contributed by atoms with van der Waals surface area (Å²) in [5, 5.41) is 3.43. The number of nitrogens with zero attached hydrogens (tertiary/aromatic N) is 3. The fourth-order valence-electron chi connectivity index (χ4n) is 3.63. The number of fused-ring (bicyclic) bond motifs is 1. The SMILES string of the molecule is CCN(CC)S(=O)(=O)c1ccc(CCNC(=NC)N2CCc3ccccc3C2)s1. The second-order valence-corrected chi connectivity index (χ2v) is 10.3. The van der Waals surface area contributed by atoms with Crippen molar-refractivity contribution >= 4 is 27.3 Å². The van der Waals surface area contributed by atoms with Crippen LogP contribution in [0.5, 0.6) is 0 Å². The summed E-state index contributed by atoms with van der Waals surface area (Å²) >= 11 is 1.36. The van der Waals surface area contributed by atoms with Crippen molar-refractivity contribution in [3.05, 3.63) is 52.4 Å². The number of rotatable bonds is 7. The first-order chi connectivity index (χ1) is 14.0. The maximum atomic E-state index is 12.6. The standard InChI is InChI=1S/C21H30N4O2S2/c1-4-25(5-2)29(26,27)20-11-10-19(28-20)12-14-23-21(22-3)24-15-13-17-8-6-7-9-18(17)16-24/h6-11H,4-5,12-16H2,1-3H3,(H,22,23). The number of hydrogen-bond acceptors (Lipinski definition) is 4. The summed E-state index contributed by atoms with van der Waals surface area (Å²) in [6.45, 7) is 7.24. The number of aliphatic imine (C=N–C) groups is 1. The molecule has 1 aromatic carbocycles. The zero-order valence-electron chi connectivity index (χ0n) is 17.4. The summed E-state index contributed by atoms with van der Waals surface area (Å²) in [6, 6.07) is 12.2. The van der Waals surface area contributed by atoms with Crippen LogP contribution in [0, 0.1) is 0 Å². The molecular weight excluding hydrogens is 404 g/mol. The highest BCUT2D eigenvalue weighted by atomic mass is 32.2. The molecule has 1 aromatic heterocycles. The van der Waals surface area contributed by atoms with E-state index < -0.39 is 10.0 Å². The van der Waals surface area contributed by atoms with Crippen molar-refractivity contribution in [2.45, 2.75) is 37.4 Å². The summed E-state index contributed by atoms with van der Waals surface area (Å²) in [5.41, 5.74) is 2.77. The lowest BCUT2D eigenvalue weighted by molar-refractivity contribution is 0.379. The van der Waals surface area contributed by atoms with E-state index in [0.29, 0.717) is 17.3 Å². The number of guanidine groups is 1. The topological polar surface area (TPSA) is 65.0 Å². The molecule has 0 radical (unpaired) electrons. The number of hydrogen-bond donors (Lipinski definition) is 1. The molecule has 0 bridgehead atoms. The Balaban J connectivity index is 1.57. The van der Waals surface area contributed by atoms with Gasteiger partial charge in [-0.2, -0.15) is 4.31 Å². The highest BCUT2D eigenvalue weighted by Crippen LogP contribution is 2.25. The zero-order valence-corrected chi connectivity index (χ0v) is 19.0. The normalized spacial score (nSPS) is 14.9. The van der Waals surface area contributed by atoms with Crippen LogP contribution in [0.2, 0.25) is 0 Å². The van der Waals surface area contributed by atoms with Crippen molar-refractivity contribution in [1.82, 2.24) is 14.5 Å². The van der Waals surface area contributed by atoms with Crippen molar-refractivity contribution in [2.24, 2.45) is 4.99 Å². The van der Waals surface area contributed by atoms with Crippen LogP contribution >= 0.6 is 11.3 Å². The molecule has 1 aliphatic rings. The summed E-state index contributed by atoms with van der Waals surface area (Å²) in [7, 11) is -1.56. The van der Waals surface area contributed by atoms with Gasteiger partial charge < -0.3 is 10.2 Å². The molecule has 0 fully saturated rings. The zero-order chi connectivity index (χ0) is 20.9. The van der Waals surface area contributed by atoms with Gasteiger partial charge in [-0.25, -0.2) is 8.42 Å². The molecule has 0 unspecified atom stereocenters. The van der Waals surface area contributed by atoms with Crippen LogP contribution in [-0.4, -0.2) is 56.8 Å². The highest BCUT2D eigenvalue weighted by Gasteiger charge is 2.23. The Morgan fingerprint density at radius 3 is 2.59 bits per heavy atom. The maximum absolute atomic E-state index is 12.6.